The number of hydrogen-bond acceptors (Lipinski definition) is 2. The molecule has 2 aromatic rings. The molecule has 0 saturated heterocycles. The summed E-state index contributed by atoms with van der Waals surface area (Å²) < 4.78 is 0. The van der Waals surface area contributed by atoms with E-state index >= 15 is 0 Å². The molecule has 20 heavy (non-hydrogen) atoms. The highest BCUT2D eigenvalue weighted by Gasteiger charge is 2.08. The van der Waals surface area contributed by atoms with Crippen LogP contribution in [0.15, 0.2) is 69.3 Å². The van der Waals surface area contributed by atoms with Gasteiger partial charge in [-0.05, 0) is 41.3 Å². The summed E-state index contributed by atoms with van der Waals surface area (Å²) in [6.45, 7) is 6.81. The predicted octanol–water partition coefficient (Wildman–Crippen LogP) is 5.77. The normalized spacial score (nSPS) is 10.8. The third kappa shape index (κ3) is 5.13. The van der Waals surface area contributed by atoms with E-state index in [4.69, 9.17) is 0 Å². The Kier molecular flexibility index (Phi) is 5.42. The van der Waals surface area contributed by atoms with Gasteiger partial charge in [0.05, 0.1) is 0 Å². The van der Waals surface area contributed by atoms with Crippen LogP contribution in [0, 0.1) is 10.8 Å². The van der Waals surface area contributed by atoms with Crippen molar-refractivity contribution in [1.82, 2.24) is 0 Å². The molecule has 0 atom stereocenters. The Bertz CT molecular complexity index is 619. The molecule has 102 valence electrons. The first-order valence-corrected chi connectivity index (χ1v) is 11.7. The molecule has 2 aromatic carbocycles. The first kappa shape index (κ1) is 15.3. The maximum absolute atomic E-state index is 3.40. The highest BCUT2D eigenvalue weighted by Crippen LogP contribution is 2.34. The molecule has 0 heterocycles. The molecule has 0 radical (unpaired) electrons. The molecule has 0 spiro atoms. The van der Waals surface area contributed by atoms with Gasteiger partial charge in [0, 0.05) is 14.7 Å². The first-order chi connectivity index (χ1) is 9.54. The quantitative estimate of drug-likeness (QED) is 0.401. The molecule has 0 N–H and O–H groups in total. The van der Waals surface area contributed by atoms with Crippen LogP contribution >= 0.6 is 23.5 Å². The zero-order valence-electron chi connectivity index (χ0n) is 12.0. The van der Waals surface area contributed by atoms with Gasteiger partial charge in [-0.2, -0.15) is 0 Å². The summed E-state index contributed by atoms with van der Waals surface area (Å²) >= 11 is 3.44. The molecule has 0 bridgehead atoms. The molecule has 0 saturated carbocycles. The second-order valence-electron chi connectivity index (χ2n) is 5.44. The number of rotatable bonds is 3. The van der Waals surface area contributed by atoms with Crippen LogP contribution in [0.5, 0.6) is 0 Å². The lowest BCUT2D eigenvalue weighted by atomic mass is 10.4. The van der Waals surface area contributed by atoms with Crippen LogP contribution in [0.2, 0.25) is 19.6 Å². The van der Waals surface area contributed by atoms with Crippen molar-refractivity contribution in [3.63, 3.8) is 0 Å². The van der Waals surface area contributed by atoms with Crippen LogP contribution in [0.25, 0.3) is 0 Å². The first-order valence-electron chi connectivity index (χ1n) is 6.55. The average molecular weight is 315 g/mol. The van der Waals surface area contributed by atoms with E-state index in [1.54, 1.807) is 23.5 Å². The molecule has 0 nitrogen and oxygen atoms in total. The molecule has 0 amide bonds. The van der Waals surface area contributed by atoms with E-state index in [9.17, 15) is 0 Å². The largest absolute Gasteiger partial charge is 0.130 e. The van der Waals surface area contributed by atoms with Crippen molar-refractivity contribution >= 4 is 31.6 Å². The monoisotopic (exact) mass is 314 g/mol. The van der Waals surface area contributed by atoms with E-state index < -0.39 is 8.07 Å². The molecule has 0 aliphatic carbocycles. The number of hydrogen-bond donors (Lipinski definition) is 0. The van der Waals surface area contributed by atoms with E-state index in [0.717, 1.165) is 0 Å². The van der Waals surface area contributed by atoms with Crippen LogP contribution in [-0.4, -0.2) is 8.07 Å². The van der Waals surface area contributed by atoms with Gasteiger partial charge in [0.15, 0.2) is 0 Å². The zero-order chi connectivity index (χ0) is 14.4. The molecular weight excluding hydrogens is 296 g/mol. The van der Waals surface area contributed by atoms with Crippen LogP contribution in [0.3, 0.4) is 0 Å². The van der Waals surface area contributed by atoms with Crippen molar-refractivity contribution < 1.29 is 0 Å². The molecule has 3 heteroatoms. The number of benzene rings is 2. The van der Waals surface area contributed by atoms with Gasteiger partial charge in [-0.3, -0.25) is 0 Å². The lowest BCUT2D eigenvalue weighted by molar-refractivity contribution is 1.25. The summed E-state index contributed by atoms with van der Waals surface area (Å²) in [6.07, 6.45) is 0. The van der Waals surface area contributed by atoms with Gasteiger partial charge in [0.1, 0.15) is 8.07 Å². The summed E-state index contributed by atoms with van der Waals surface area (Å²) in [6, 6.07) is 18.9. The van der Waals surface area contributed by atoms with Crippen LogP contribution in [0.1, 0.15) is 0 Å². The summed E-state index contributed by atoms with van der Waals surface area (Å²) in [5.74, 6) is 0. The van der Waals surface area contributed by atoms with Crippen molar-refractivity contribution in [3.8, 4) is 10.8 Å². The molecule has 2 rings (SSSR count). The van der Waals surface area contributed by atoms with Gasteiger partial charge in [-0.25, -0.2) is 0 Å². The Morgan fingerprint density at radius 2 is 1.40 bits per heavy atom. The Labute approximate surface area is 131 Å². The van der Waals surface area contributed by atoms with E-state index in [1.165, 1.54) is 14.7 Å². The Morgan fingerprint density at radius 3 is 2.05 bits per heavy atom. The molecule has 0 aromatic heterocycles. The lowest BCUT2D eigenvalue weighted by Gasteiger charge is -2.06. The van der Waals surface area contributed by atoms with Gasteiger partial charge in [-0.15, -0.1) is 5.54 Å². The van der Waals surface area contributed by atoms with E-state index in [1.807, 2.05) is 6.07 Å². The lowest BCUT2D eigenvalue weighted by Crippen LogP contribution is -2.15. The SMILES string of the molecule is C[Si](C)(C)C#CSc1ccccc1Sc1ccccc1. The van der Waals surface area contributed by atoms with E-state index in [2.05, 4.69) is 79.0 Å². The van der Waals surface area contributed by atoms with Gasteiger partial charge >= 0.3 is 0 Å². The van der Waals surface area contributed by atoms with Crippen LogP contribution in [-0.2, 0) is 0 Å². The second-order valence-corrected chi connectivity index (χ2v) is 12.2. The van der Waals surface area contributed by atoms with Gasteiger partial charge in [-0.1, -0.05) is 61.7 Å². The number of thioether (sulfide) groups is 1. The van der Waals surface area contributed by atoms with Crippen molar-refractivity contribution in [3.05, 3.63) is 54.6 Å². The maximum atomic E-state index is 3.40. The molecule has 0 aliphatic rings. The third-order valence-corrected chi connectivity index (χ3v) is 5.46. The van der Waals surface area contributed by atoms with Crippen molar-refractivity contribution in [1.29, 1.82) is 0 Å². The minimum Gasteiger partial charge on any atom is -0.120 e. The standard InChI is InChI=1S/C17H18S2Si/c1-20(2,3)14-13-18-16-11-7-8-12-17(16)19-15-9-5-4-6-10-15/h4-12H,1-3H3. The molecule has 0 aliphatic heterocycles. The fourth-order valence-corrected chi connectivity index (χ4v) is 4.43. The Hall–Kier alpha value is -1.08. The fraction of sp³-hybridized carbons (Fsp3) is 0.176. The van der Waals surface area contributed by atoms with Crippen molar-refractivity contribution in [2.75, 3.05) is 0 Å². The summed E-state index contributed by atoms with van der Waals surface area (Å²) in [4.78, 5) is 3.78. The van der Waals surface area contributed by atoms with Crippen molar-refractivity contribution in [2.24, 2.45) is 0 Å². The Balaban J connectivity index is 2.16. The summed E-state index contributed by atoms with van der Waals surface area (Å²) in [5.41, 5.74) is 3.40. The minimum atomic E-state index is -1.29. The summed E-state index contributed by atoms with van der Waals surface area (Å²) in [7, 11) is -1.29. The van der Waals surface area contributed by atoms with Crippen molar-refractivity contribution in [2.45, 2.75) is 34.3 Å². The molecule has 0 fully saturated rings. The van der Waals surface area contributed by atoms with E-state index in [-0.39, 0.29) is 0 Å². The Morgan fingerprint density at radius 1 is 0.800 bits per heavy atom. The minimum absolute atomic E-state index is 1.24. The topological polar surface area (TPSA) is 0 Å². The van der Waals surface area contributed by atoms with Crippen LogP contribution in [0.4, 0.5) is 0 Å². The van der Waals surface area contributed by atoms with Gasteiger partial charge in [0.25, 0.3) is 0 Å². The average Bonchev–Trinajstić information content (AvgIpc) is 2.40. The summed E-state index contributed by atoms with van der Waals surface area (Å²) in [5, 5.41) is 3.28. The second kappa shape index (κ2) is 7.08. The van der Waals surface area contributed by atoms with Gasteiger partial charge in [0.2, 0.25) is 0 Å². The van der Waals surface area contributed by atoms with E-state index in [0.29, 0.717) is 0 Å². The third-order valence-electron chi connectivity index (χ3n) is 2.41. The van der Waals surface area contributed by atoms with Gasteiger partial charge < -0.3 is 0 Å². The maximum Gasteiger partial charge on any atom is 0.130 e. The zero-order valence-corrected chi connectivity index (χ0v) is 14.6. The highest BCUT2D eigenvalue weighted by atomic mass is 32.2. The fourth-order valence-electron chi connectivity index (χ4n) is 1.47. The molecular formula is C17H18S2Si. The van der Waals surface area contributed by atoms with Crippen LogP contribution < -0.4 is 0 Å². The highest BCUT2D eigenvalue weighted by molar-refractivity contribution is 8.05. The molecule has 0 unspecified atom stereocenters. The smallest absolute Gasteiger partial charge is 0.120 e. The predicted molar refractivity (Wildman–Crippen MR) is 94.0 cm³/mol.